The predicted molar refractivity (Wildman–Crippen MR) is 82.5 cm³/mol. The molecule has 0 aliphatic rings. The molecule has 0 bridgehead atoms. The molecular weight excluding hydrogens is 234 g/mol. The molecule has 1 N–H and O–H groups in total. The zero-order chi connectivity index (χ0) is 13.7. The van der Waals surface area contributed by atoms with E-state index in [0.717, 1.165) is 26.2 Å². The van der Waals surface area contributed by atoms with Gasteiger partial charge in [-0.15, -0.1) is 0 Å². The molecule has 0 aliphatic heterocycles. The van der Waals surface area contributed by atoms with Crippen LogP contribution in [0.5, 0.6) is 0 Å². The van der Waals surface area contributed by atoms with Crippen molar-refractivity contribution in [3.8, 4) is 0 Å². The summed E-state index contributed by atoms with van der Waals surface area (Å²) in [6.45, 7) is 6.34. The van der Waals surface area contributed by atoms with E-state index in [9.17, 15) is 0 Å². The topological polar surface area (TPSA) is 20.2 Å². The maximum Gasteiger partial charge on any atom is 0.0480 e. The van der Waals surface area contributed by atoms with Gasteiger partial charge in [0.05, 0.1) is 0 Å². The number of aryl methyl sites for hydroxylation is 1. The summed E-state index contributed by atoms with van der Waals surface area (Å²) < 4.78 is 2.36. The van der Waals surface area contributed by atoms with Gasteiger partial charge in [0.1, 0.15) is 0 Å². The first-order valence-electron chi connectivity index (χ1n) is 7.14. The summed E-state index contributed by atoms with van der Waals surface area (Å²) in [5, 5.41) is 4.72. The van der Waals surface area contributed by atoms with Gasteiger partial charge in [-0.3, -0.25) is 0 Å². The van der Waals surface area contributed by atoms with Crippen molar-refractivity contribution in [2.24, 2.45) is 0 Å². The Kier molecular flexibility index (Phi) is 5.00. The molecule has 0 aliphatic carbocycles. The molecule has 0 saturated heterocycles. The Balaban J connectivity index is 2.06. The summed E-state index contributed by atoms with van der Waals surface area (Å²) in [7, 11) is 4.25. The number of nitrogens with one attached hydrogen (secondary N) is 1. The molecule has 2 rings (SSSR count). The first-order chi connectivity index (χ1) is 9.20. The second-order valence-electron chi connectivity index (χ2n) is 5.34. The van der Waals surface area contributed by atoms with Crippen molar-refractivity contribution in [2.75, 3.05) is 27.2 Å². The molecule has 2 aromatic rings. The fourth-order valence-corrected chi connectivity index (χ4v) is 2.38. The Bertz CT molecular complexity index is 514. The van der Waals surface area contributed by atoms with Gasteiger partial charge in [-0.1, -0.05) is 13.0 Å². The van der Waals surface area contributed by atoms with Gasteiger partial charge >= 0.3 is 0 Å². The average Bonchev–Trinajstić information content (AvgIpc) is 2.79. The van der Waals surface area contributed by atoms with Gasteiger partial charge in [-0.25, -0.2) is 0 Å². The zero-order valence-electron chi connectivity index (χ0n) is 12.3. The summed E-state index contributed by atoms with van der Waals surface area (Å²) in [5.41, 5.74) is 2.71. The minimum absolute atomic E-state index is 0.957. The lowest BCUT2D eigenvalue weighted by molar-refractivity contribution is 0.388. The van der Waals surface area contributed by atoms with Crippen molar-refractivity contribution >= 4 is 10.9 Å². The molecule has 0 spiro atoms. The minimum atomic E-state index is 0.957. The fourth-order valence-electron chi connectivity index (χ4n) is 2.38. The van der Waals surface area contributed by atoms with Crippen LogP contribution in [0.25, 0.3) is 10.9 Å². The third-order valence-electron chi connectivity index (χ3n) is 3.42. The van der Waals surface area contributed by atoms with E-state index >= 15 is 0 Å². The Labute approximate surface area is 116 Å². The molecule has 0 unspecified atom stereocenters. The predicted octanol–water partition coefficient (Wildman–Crippen LogP) is 2.70. The largest absolute Gasteiger partial charge is 0.347 e. The normalized spacial score (nSPS) is 11.6. The van der Waals surface area contributed by atoms with E-state index in [4.69, 9.17) is 0 Å². The monoisotopic (exact) mass is 259 g/mol. The number of nitrogens with zero attached hydrogens (tertiary/aromatic N) is 2. The van der Waals surface area contributed by atoms with Crippen molar-refractivity contribution in [1.82, 2.24) is 14.8 Å². The highest BCUT2D eigenvalue weighted by molar-refractivity contribution is 5.80. The van der Waals surface area contributed by atoms with Crippen LogP contribution in [-0.2, 0) is 13.1 Å². The van der Waals surface area contributed by atoms with Crippen LogP contribution >= 0.6 is 0 Å². The Morgan fingerprint density at radius 2 is 2.05 bits per heavy atom. The first kappa shape index (κ1) is 14.1. The number of hydrogen-bond donors (Lipinski definition) is 1. The fraction of sp³-hybridized carbons (Fsp3) is 0.500. The average molecular weight is 259 g/mol. The summed E-state index contributed by atoms with van der Waals surface area (Å²) in [5.74, 6) is 0. The number of benzene rings is 1. The molecule has 0 saturated carbocycles. The van der Waals surface area contributed by atoms with Crippen LogP contribution in [0, 0.1) is 0 Å². The Morgan fingerprint density at radius 1 is 1.21 bits per heavy atom. The highest BCUT2D eigenvalue weighted by Gasteiger charge is 2.02. The minimum Gasteiger partial charge on any atom is -0.347 e. The van der Waals surface area contributed by atoms with Gasteiger partial charge in [-0.05, 0) is 62.8 Å². The molecule has 1 aromatic heterocycles. The molecule has 0 atom stereocenters. The highest BCUT2D eigenvalue weighted by atomic mass is 15.1. The number of rotatable bonds is 7. The van der Waals surface area contributed by atoms with Crippen LogP contribution in [-0.4, -0.2) is 36.7 Å². The molecular formula is C16H25N3. The van der Waals surface area contributed by atoms with Gasteiger partial charge in [0.25, 0.3) is 0 Å². The van der Waals surface area contributed by atoms with Crippen LogP contribution < -0.4 is 5.32 Å². The molecule has 0 fully saturated rings. The molecule has 0 amide bonds. The Hall–Kier alpha value is -1.32. The van der Waals surface area contributed by atoms with Gasteiger partial charge in [0, 0.05) is 24.8 Å². The van der Waals surface area contributed by atoms with Crippen LogP contribution in [0.15, 0.2) is 30.5 Å². The van der Waals surface area contributed by atoms with Gasteiger partial charge in [0.15, 0.2) is 0 Å². The third-order valence-corrected chi connectivity index (χ3v) is 3.42. The molecule has 19 heavy (non-hydrogen) atoms. The van der Waals surface area contributed by atoms with Crippen LogP contribution in [0.2, 0.25) is 0 Å². The van der Waals surface area contributed by atoms with Gasteiger partial charge in [0.2, 0.25) is 0 Å². The van der Waals surface area contributed by atoms with E-state index in [1.807, 2.05) is 0 Å². The van der Waals surface area contributed by atoms with Crippen LogP contribution in [0.1, 0.15) is 18.9 Å². The molecule has 104 valence electrons. The highest BCUT2D eigenvalue weighted by Crippen LogP contribution is 2.18. The molecule has 0 radical (unpaired) electrons. The second kappa shape index (κ2) is 6.73. The molecule has 3 nitrogen and oxygen atoms in total. The standard InChI is InChI=1S/C16H25N3/c1-4-17-13-14-6-7-16-15(12-14)8-11-19(16)10-5-9-18(2)3/h6-8,11-12,17H,4-5,9-10,13H2,1-3H3. The maximum atomic E-state index is 3.37. The number of aromatic nitrogens is 1. The number of fused-ring (bicyclic) bond motifs is 1. The summed E-state index contributed by atoms with van der Waals surface area (Å²) in [4.78, 5) is 2.24. The lowest BCUT2D eigenvalue weighted by Crippen LogP contribution is -2.14. The summed E-state index contributed by atoms with van der Waals surface area (Å²) in [6, 6.07) is 8.99. The molecule has 1 aromatic carbocycles. The van der Waals surface area contributed by atoms with Crippen molar-refractivity contribution in [2.45, 2.75) is 26.4 Å². The van der Waals surface area contributed by atoms with E-state index in [2.05, 4.69) is 66.3 Å². The molecule has 1 heterocycles. The SMILES string of the molecule is CCNCc1ccc2c(ccn2CCCN(C)C)c1. The van der Waals surface area contributed by atoms with Crippen molar-refractivity contribution in [3.63, 3.8) is 0 Å². The van der Waals surface area contributed by atoms with E-state index < -0.39 is 0 Å². The van der Waals surface area contributed by atoms with Gasteiger partial charge < -0.3 is 14.8 Å². The van der Waals surface area contributed by atoms with Crippen molar-refractivity contribution < 1.29 is 0 Å². The van der Waals surface area contributed by atoms with E-state index in [-0.39, 0.29) is 0 Å². The van der Waals surface area contributed by atoms with Crippen molar-refractivity contribution in [3.05, 3.63) is 36.0 Å². The number of hydrogen-bond acceptors (Lipinski definition) is 2. The third kappa shape index (κ3) is 3.82. The second-order valence-corrected chi connectivity index (χ2v) is 5.34. The van der Waals surface area contributed by atoms with E-state index in [0.29, 0.717) is 0 Å². The quantitative estimate of drug-likeness (QED) is 0.825. The zero-order valence-corrected chi connectivity index (χ0v) is 12.3. The smallest absolute Gasteiger partial charge is 0.0480 e. The summed E-state index contributed by atoms with van der Waals surface area (Å²) in [6.07, 6.45) is 3.40. The van der Waals surface area contributed by atoms with Crippen molar-refractivity contribution in [1.29, 1.82) is 0 Å². The maximum absolute atomic E-state index is 3.37. The van der Waals surface area contributed by atoms with Crippen LogP contribution in [0.3, 0.4) is 0 Å². The Morgan fingerprint density at radius 3 is 2.79 bits per heavy atom. The van der Waals surface area contributed by atoms with E-state index in [1.165, 1.54) is 22.9 Å². The van der Waals surface area contributed by atoms with E-state index in [1.54, 1.807) is 0 Å². The lowest BCUT2D eigenvalue weighted by atomic mass is 10.1. The first-order valence-corrected chi connectivity index (χ1v) is 7.14. The lowest BCUT2D eigenvalue weighted by Gasteiger charge is -2.10. The van der Waals surface area contributed by atoms with Crippen LogP contribution in [0.4, 0.5) is 0 Å². The van der Waals surface area contributed by atoms with Gasteiger partial charge in [-0.2, -0.15) is 0 Å². The molecule has 3 heteroatoms. The summed E-state index contributed by atoms with van der Waals surface area (Å²) >= 11 is 0.